The molecule has 0 saturated heterocycles. The van der Waals surface area contributed by atoms with Gasteiger partial charge in [0.1, 0.15) is 0 Å². The van der Waals surface area contributed by atoms with Gasteiger partial charge >= 0.3 is 0 Å². The third kappa shape index (κ3) is 2.89. The minimum atomic E-state index is 0.623. The van der Waals surface area contributed by atoms with Crippen LogP contribution in [0.25, 0.3) is 33.2 Å². The number of halogens is 1. The van der Waals surface area contributed by atoms with Crippen LogP contribution in [0.2, 0.25) is 5.02 Å². The van der Waals surface area contributed by atoms with Crippen LogP contribution < -0.4 is 0 Å². The molecule has 0 heterocycles. The molecule has 0 spiro atoms. The first-order chi connectivity index (χ1) is 12.3. The Hall–Kier alpha value is -3.08. The fourth-order valence-electron chi connectivity index (χ4n) is 3.16. The van der Waals surface area contributed by atoms with Crippen LogP contribution in [0, 0.1) is 11.3 Å². The van der Waals surface area contributed by atoms with Gasteiger partial charge in [-0.05, 0) is 56.9 Å². The Labute approximate surface area is 151 Å². The van der Waals surface area contributed by atoms with Crippen LogP contribution in [-0.4, -0.2) is 0 Å². The molecular formula is C23H14ClN. The molecule has 25 heavy (non-hydrogen) atoms. The highest BCUT2D eigenvalue weighted by Gasteiger charge is 2.08. The van der Waals surface area contributed by atoms with Crippen molar-refractivity contribution in [1.82, 2.24) is 0 Å². The van der Waals surface area contributed by atoms with Gasteiger partial charge in [-0.15, -0.1) is 0 Å². The van der Waals surface area contributed by atoms with Gasteiger partial charge in [-0.2, -0.15) is 5.26 Å². The fraction of sp³-hybridized carbons (Fsp3) is 0. The number of nitrogens with zero attached hydrogens (tertiary/aromatic N) is 1. The molecule has 0 bridgehead atoms. The first-order valence-electron chi connectivity index (χ1n) is 8.04. The van der Waals surface area contributed by atoms with Crippen molar-refractivity contribution in [2.45, 2.75) is 0 Å². The van der Waals surface area contributed by atoms with Crippen molar-refractivity contribution in [3.8, 4) is 6.07 Å². The number of hydrogen-bond acceptors (Lipinski definition) is 1. The number of hydrogen-bond donors (Lipinski definition) is 0. The molecule has 2 heteroatoms. The lowest BCUT2D eigenvalue weighted by molar-refractivity contribution is 1.52. The molecule has 0 aliphatic rings. The van der Waals surface area contributed by atoms with Crippen molar-refractivity contribution in [2.24, 2.45) is 0 Å². The zero-order chi connectivity index (χ0) is 17.2. The molecule has 118 valence electrons. The van der Waals surface area contributed by atoms with Crippen molar-refractivity contribution in [3.63, 3.8) is 0 Å². The topological polar surface area (TPSA) is 23.8 Å². The number of fused-ring (bicyclic) bond motifs is 2. The average Bonchev–Trinajstić information content (AvgIpc) is 2.66. The van der Waals surface area contributed by atoms with E-state index in [1.165, 1.54) is 10.8 Å². The molecule has 1 nitrogen and oxygen atoms in total. The Balaban J connectivity index is 2.03. The van der Waals surface area contributed by atoms with E-state index in [4.69, 9.17) is 11.6 Å². The summed E-state index contributed by atoms with van der Waals surface area (Å²) in [4.78, 5) is 0. The van der Waals surface area contributed by atoms with Gasteiger partial charge in [0.15, 0.2) is 0 Å². The SMILES string of the molecule is N#C/C(=C\c1c2ccccc2cc2ccccc12)c1ccc(Cl)cc1. The molecule has 0 aromatic heterocycles. The van der Waals surface area contributed by atoms with E-state index in [9.17, 15) is 5.26 Å². The highest BCUT2D eigenvalue weighted by atomic mass is 35.5. The van der Waals surface area contributed by atoms with Gasteiger partial charge in [0, 0.05) is 5.02 Å². The quantitative estimate of drug-likeness (QED) is 0.226. The first-order valence-corrected chi connectivity index (χ1v) is 8.42. The first kappa shape index (κ1) is 15.4. The number of rotatable bonds is 2. The van der Waals surface area contributed by atoms with E-state index in [1.54, 1.807) is 0 Å². The summed E-state index contributed by atoms with van der Waals surface area (Å²) in [5, 5.41) is 15.0. The van der Waals surface area contributed by atoms with E-state index in [-0.39, 0.29) is 0 Å². The van der Waals surface area contributed by atoms with E-state index in [0.29, 0.717) is 10.6 Å². The Morgan fingerprint density at radius 2 is 1.36 bits per heavy atom. The summed E-state index contributed by atoms with van der Waals surface area (Å²) in [5.74, 6) is 0. The molecule has 4 rings (SSSR count). The van der Waals surface area contributed by atoms with E-state index in [0.717, 1.165) is 21.9 Å². The van der Waals surface area contributed by atoms with Crippen molar-refractivity contribution in [1.29, 1.82) is 5.26 Å². The third-order valence-electron chi connectivity index (χ3n) is 4.38. The molecule has 0 N–H and O–H groups in total. The summed E-state index contributed by atoms with van der Waals surface area (Å²) < 4.78 is 0. The predicted octanol–water partition coefficient (Wildman–Crippen LogP) is 6.71. The molecule has 0 atom stereocenters. The lowest BCUT2D eigenvalue weighted by Gasteiger charge is -2.09. The molecule has 0 amide bonds. The summed E-state index contributed by atoms with van der Waals surface area (Å²) in [6, 6.07) is 28.4. The van der Waals surface area contributed by atoms with Gasteiger partial charge < -0.3 is 0 Å². The van der Waals surface area contributed by atoms with Gasteiger partial charge in [-0.3, -0.25) is 0 Å². The molecule has 0 aliphatic carbocycles. The zero-order valence-corrected chi connectivity index (χ0v) is 14.2. The average molecular weight is 340 g/mol. The number of allylic oxidation sites excluding steroid dienone is 1. The van der Waals surface area contributed by atoms with Crippen LogP contribution in [0.1, 0.15) is 11.1 Å². The maximum Gasteiger partial charge on any atom is 0.0998 e. The van der Waals surface area contributed by atoms with Crippen molar-refractivity contribution in [2.75, 3.05) is 0 Å². The lowest BCUT2D eigenvalue weighted by Crippen LogP contribution is -1.86. The second-order valence-electron chi connectivity index (χ2n) is 5.91. The standard InChI is InChI=1S/C23H14ClN/c24-20-11-9-16(10-12-20)19(15-25)14-23-21-7-3-1-5-17(21)13-18-6-2-4-8-22(18)23/h1-14H/b19-14+. The summed E-state index contributed by atoms with van der Waals surface area (Å²) in [7, 11) is 0. The molecule has 0 fully saturated rings. The molecular weight excluding hydrogens is 326 g/mol. The van der Waals surface area contributed by atoms with Gasteiger partial charge in [0.25, 0.3) is 0 Å². The van der Waals surface area contributed by atoms with Gasteiger partial charge in [-0.25, -0.2) is 0 Å². The second kappa shape index (κ2) is 6.43. The Kier molecular flexibility index (Phi) is 3.98. The summed E-state index contributed by atoms with van der Waals surface area (Å²) >= 11 is 5.97. The van der Waals surface area contributed by atoms with E-state index >= 15 is 0 Å². The summed E-state index contributed by atoms with van der Waals surface area (Å²) in [6.07, 6.45) is 1.98. The van der Waals surface area contributed by atoms with Crippen LogP contribution in [0.4, 0.5) is 0 Å². The Morgan fingerprint density at radius 3 is 1.92 bits per heavy atom. The lowest BCUT2D eigenvalue weighted by atomic mass is 9.94. The highest BCUT2D eigenvalue weighted by Crippen LogP contribution is 2.31. The highest BCUT2D eigenvalue weighted by molar-refractivity contribution is 6.30. The minimum absolute atomic E-state index is 0.623. The molecule has 0 radical (unpaired) electrons. The molecule has 0 aliphatic heterocycles. The maximum atomic E-state index is 9.70. The number of nitriles is 1. The van der Waals surface area contributed by atoms with Crippen LogP contribution in [0.5, 0.6) is 0 Å². The zero-order valence-electron chi connectivity index (χ0n) is 13.4. The fourth-order valence-corrected chi connectivity index (χ4v) is 3.28. The van der Waals surface area contributed by atoms with Crippen molar-refractivity contribution in [3.05, 3.63) is 95.0 Å². The molecule has 0 saturated carbocycles. The largest absolute Gasteiger partial charge is 0.192 e. The van der Waals surface area contributed by atoms with Gasteiger partial charge in [0.2, 0.25) is 0 Å². The number of benzene rings is 4. The summed E-state index contributed by atoms with van der Waals surface area (Å²) in [6.45, 7) is 0. The van der Waals surface area contributed by atoms with Gasteiger partial charge in [-0.1, -0.05) is 72.3 Å². The van der Waals surface area contributed by atoms with E-state index < -0.39 is 0 Å². The predicted molar refractivity (Wildman–Crippen MR) is 106 cm³/mol. The molecule has 0 unspecified atom stereocenters. The van der Waals surface area contributed by atoms with Crippen LogP contribution in [0.3, 0.4) is 0 Å². The van der Waals surface area contributed by atoms with Crippen LogP contribution >= 0.6 is 11.6 Å². The normalized spacial score (nSPS) is 11.6. The minimum Gasteiger partial charge on any atom is -0.192 e. The third-order valence-corrected chi connectivity index (χ3v) is 4.63. The molecule has 4 aromatic rings. The maximum absolute atomic E-state index is 9.70. The summed E-state index contributed by atoms with van der Waals surface area (Å²) in [5.41, 5.74) is 2.56. The van der Waals surface area contributed by atoms with Crippen LogP contribution in [0.15, 0.2) is 78.9 Å². The monoisotopic (exact) mass is 339 g/mol. The van der Waals surface area contributed by atoms with Crippen LogP contribution in [-0.2, 0) is 0 Å². The van der Waals surface area contributed by atoms with Gasteiger partial charge in [0.05, 0.1) is 11.6 Å². The van der Waals surface area contributed by atoms with Crippen molar-refractivity contribution >= 4 is 44.8 Å². The van der Waals surface area contributed by atoms with E-state index in [1.807, 2.05) is 54.6 Å². The molecule has 4 aromatic carbocycles. The smallest absolute Gasteiger partial charge is 0.0998 e. The second-order valence-corrected chi connectivity index (χ2v) is 6.35. The Bertz CT molecular complexity index is 1090. The Morgan fingerprint density at radius 1 is 0.800 bits per heavy atom. The van der Waals surface area contributed by atoms with Crippen molar-refractivity contribution < 1.29 is 0 Å². The van der Waals surface area contributed by atoms with E-state index in [2.05, 4.69) is 36.4 Å².